The summed E-state index contributed by atoms with van der Waals surface area (Å²) in [5.74, 6) is 0. The summed E-state index contributed by atoms with van der Waals surface area (Å²) in [6.45, 7) is 0.854. The minimum Gasteiger partial charge on any atom is -0.325 e. The molecule has 0 saturated carbocycles. The van der Waals surface area contributed by atoms with Crippen LogP contribution in [0.15, 0.2) is 0 Å². The van der Waals surface area contributed by atoms with Crippen LogP contribution in [-0.4, -0.2) is 30.7 Å². The van der Waals surface area contributed by atoms with Crippen LogP contribution in [-0.2, 0) is 18.2 Å². The molecule has 0 spiro atoms. The van der Waals surface area contributed by atoms with Crippen molar-refractivity contribution in [2.24, 2.45) is 0 Å². The lowest BCUT2D eigenvalue weighted by Crippen LogP contribution is -1.66. The van der Waals surface area contributed by atoms with Gasteiger partial charge in [0, 0.05) is 20.9 Å². The van der Waals surface area contributed by atoms with Crippen molar-refractivity contribution < 1.29 is 28.0 Å². The summed E-state index contributed by atoms with van der Waals surface area (Å²) in [6, 6.07) is 0. The molecule has 0 amide bonds. The van der Waals surface area contributed by atoms with Crippen molar-refractivity contribution in [3.63, 3.8) is 0 Å². The second-order valence-electron chi connectivity index (χ2n) is 1.49. The van der Waals surface area contributed by atoms with Crippen LogP contribution in [0.4, 0.5) is 0 Å². The molecule has 70 valence electrons. The minimum absolute atomic E-state index is 0.854. The highest BCUT2D eigenvalue weighted by Gasteiger charge is 1.95. The number of hydrogen-bond donors (Lipinski definition) is 2. The molecule has 0 saturated heterocycles. The molecule has 0 rings (SSSR count). The van der Waals surface area contributed by atoms with E-state index in [1.807, 2.05) is 0 Å². The van der Waals surface area contributed by atoms with E-state index in [0.717, 1.165) is 6.66 Å². The molecule has 0 radical (unpaired) electrons. The van der Waals surface area contributed by atoms with Gasteiger partial charge in [0.25, 0.3) is 0 Å². The van der Waals surface area contributed by atoms with Gasteiger partial charge in [-0.1, -0.05) is 0 Å². The fourth-order valence-electron chi connectivity index (χ4n) is 0.0833. The molecule has 8 heteroatoms. The first-order valence-corrected chi connectivity index (χ1v) is 5.74. The zero-order valence-electron chi connectivity index (χ0n) is 6.47. The zero-order valence-corrected chi connectivity index (χ0v) is 8.37. The Morgan fingerprint density at radius 2 is 1.45 bits per heavy atom. The zero-order chi connectivity index (χ0) is 9.49. The van der Waals surface area contributed by atoms with E-state index in [0.29, 0.717) is 0 Å². The van der Waals surface area contributed by atoms with Crippen molar-refractivity contribution in [3.8, 4) is 0 Å². The molecule has 0 aliphatic rings. The standard InChI is InChI=1S/C2H7O3P.CH5O3P/c1-4-6(3)5-2;1-5(2,3)4/h6H,1-2H3;1H3,(H2,2,3,4). The molecule has 0 fully saturated rings. The van der Waals surface area contributed by atoms with Crippen LogP contribution in [0.25, 0.3) is 0 Å². The van der Waals surface area contributed by atoms with E-state index in [9.17, 15) is 9.13 Å². The van der Waals surface area contributed by atoms with E-state index in [-0.39, 0.29) is 0 Å². The maximum Gasteiger partial charge on any atom is 0.322 e. The van der Waals surface area contributed by atoms with Crippen molar-refractivity contribution >= 4 is 15.9 Å². The third-order valence-corrected chi connectivity index (χ3v) is 1.00. The van der Waals surface area contributed by atoms with Crippen molar-refractivity contribution in [1.29, 1.82) is 0 Å². The molecule has 0 aromatic heterocycles. The topological polar surface area (TPSA) is 93.1 Å². The predicted molar refractivity (Wildman–Crippen MR) is 41.0 cm³/mol. The molecule has 0 heterocycles. The van der Waals surface area contributed by atoms with Crippen LogP contribution in [0.1, 0.15) is 0 Å². The maximum atomic E-state index is 9.92. The van der Waals surface area contributed by atoms with Gasteiger partial charge in [0.05, 0.1) is 0 Å². The molecule has 0 aromatic rings. The largest absolute Gasteiger partial charge is 0.325 e. The van der Waals surface area contributed by atoms with Crippen LogP contribution in [0, 0.1) is 0 Å². The van der Waals surface area contributed by atoms with E-state index in [4.69, 9.17) is 9.79 Å². The van der Waals surface area contributed by atoms with E-state index >= 15 is 0 Å². The van der Waals surface area contributed by atoms with Crippen LogP contribution in [0.3, 0.4) is 0 Å². The second-order valence-corrected chi connectivity index (χ2v) is 4.48. The Kier molecular flexibility index (Phi) is 8.79. The molecule has 6 nitrogen and oxygen atoms in total. The van der Waals surface area contributed by atoms with Gasteiger partial charge >= 0.3 is 15.9 Å². The SMILES string of the molecule is CO[PH](=O)OC.CP(=O)(O)O. The predicted octanol–water partition coefficient (Wildman–Crippen LogP) is 0.463. The normalized spacial score (nSPS) is 10.7. The van der Waals surface area contributed by atoms with Gasteiger partial charge in [-0.15, -0.1) is 0 Å². The van der Waals surface area contributed by atoms with Gasteiger partial charge in [-0.05, 0) is 0 Å². The number of hydrogen-bond acceptors (Lipinski definition) is 4. The fourth-order valence-corrected chi connectivity index (χ4v) is 0.250. The summed E-state index contributed by atoms with van der Waals surface area (Å²) in [4.78, 5) is 15.3. The lowest BCUT2D eigenvalue weighted by molar-refractivity contribution is 0.302. The number of rotatable bonds is 2. The second kappa shape index (κ2) is 6.98. The van der Waals surface area contributed by atoms with E-state index in [1.165, 1.54) is 14.2 Å². The summed E-state index contributed by atoms with van der Waals surface area (Å²) in [7, 11) is -3.08. The first-order valence-electron chi connectivity index (χ1n) is 2.46. The molecule has 0 atom stereocenters. The average Bonchev–Trinajstić information content (AvgIpc) is 1.83. The smallest absolute Gasteiger partial charge is 0.322 e. The van der Waals surface area contributed by atoms with Gasteiger partial charge in [0.2, 0.25) is 0 Å². The van der Waals surface area contributed by atoms with Crippen molar-refractivity contribution in [2.75, 3.05) is 20.9 Å². The summed E-state index contributed by atoms with van der Waals surface area (Å²) >= 11 is 0. The molecule has 0 bridgehead atoms. The summed E-state index contributed by atoms with van der Waals surface area (Å²) in [5.41, 5.74) is 0. The summed E-state index contributed by atoms with van der Waals surface area (Å²) < 4.78 is 27.7. The van der Waals surface area contributed by atoms with Gasteiger partial charge in [-0.3, -0.25) is 9.13 Å². The maximum absolute atomic E-state index is 9.92. The Balaban J connectivity index is 0. The van der Waals surface area contributed by atoms with Crippen molar-refractivity contribution in [2.45, 2.75) is 0 Å². The minimum atomic E-state index is -3.64. The Morgan fingerprint density at radius 3 is 1.45 bits per heavy atom. The van der Waals surface area contributed by atoms with E-state index < -0.39 is 15.9 Å². The van der Waals surface area contributed by atoms with Crippen LogP contribution >= 0.6 is 15.9 Å². The lowest BCUT2D eigenvalue weighted by atomic mass is 11.8. The first kappa shape index (κ1) is 13.9. The molecule has 0 unspecified atom stereocenters. The molecular weight excluding hydrogens is 194 g/mol. The third kappa shape index (κ3) is 38.4. The van der Waals surface area contributed by atoms with Crippen LogP contribution < -0.4 is 0 Å². The Hall–Kier alpha value is 0.300. The first-order chi connectivity index (χ1) is 4.81. The van der Waals surface area contributed by atoms with Gasteiger partial charge in [-0.2, -0.15) is 0 Å². The van der Waals surface area contributed by atoms with Crippen LogP contribution in [0.2, 0.25) is 0 Å². The lowest BCUT2D eigenvalue weighted by Gasteiger charge is -1.89. The molecular formula is C3H12O6P2. The third-order valence-electron chi connectivity index (χ3n) is 0.333. The van der Waals surface area contributed by atoms with E-state index in [1.54, 1.807) is 0 Å². The van der Waals surface area contributed by atoms with Crippen molar-refractivity contribution in [1.82, 2.24) is 0 Å². The van der Waals surface area contributed by atoms with Crippen LogP contribution in [0.5, 0.6) is 0 Å². The molecule has 11 heavy (non-hydrogen) atoms. The summed E-state index contributed by atoms with van der Waals surface area (Å²) in [6.07, 6.45) is 0. The van der Waals surface area contributed by atoms with Gasteiger partial charge in [0.1, 0.15) is 0 Å². The highest BCUT2D eigenvalue weighted by molar-refractivity contribution is 7.50. The summed E-state index contributed by atoms with van der Waals surface area (Å²) in [5, 5.41) is 0. The molecule has 0 aromatic carbocycles. The van der Waals surface area contributed by atoms with Gasteiger partial charge in [-0.25, -0.2) is 0 Å². The molecule has 0 aliphatic carbocycles. The average molecular weight is 206 g/mol. The Labute approximate surface area is 65.6 Å². The Morgan fingerprint density at radius 1 is 1.27 bits per heavy atom. The fraction of sp³-hybridized carbons (Fsp3) is 1.00. The molecule has 2 N–H and O–H groups in total. The molecule has 0 aliphatic heterocycles. The van der Waals surface area contributed by atoms with Gasteiger partial charge in [0.15, 0.2) is 0 Å². The highest BCUT2D eigenvalue weighted by atomic mass is 31.2. The quantitative estimate of drug-likeness (QED) is 0.637. The Bertz CT molecular complexity index is 136. The van der Waals surface area contributed by atoms with Gasteiger partial charge < -0.3 is 18.8 Å². The van der Waals surface area contributed by atoms with E-state index in [2.05, 4.69) is 9.05 Å². The van der Waals surface area contributed by atoms with Crippen molar-refractivity contribution in [3.05, 3.63) is 0 Å². The monoisotopic (exact) mass is 206 g/mol. The highest BCUT2D eigenvalue weighted by Crippen LogP contribution is 2.26.